The van der Waals surface area contributed by atoms with Gasteiger partial charge in [-0.15, -0.1) is 0 Å². The molecule has 0 fully saturated rings. The van der Waals surface area contributed by atoms with Crippen LogP contribution in [0.3, 0.4) is 0 Å². The first-order valence-electron chi connectivity index (χ1n) is 4.67. The first-order valence-corrected chi connectivity index (χ1v) is 5.46. The summed E-state index contributed by atoms with van der Waals surface area (Å²) in [5.74, 6) is -0.395. The van der Waals surface area contributed by atoms with E-state index in [-0.39, 0.29) is 11.2 Å². The molecule has 2 nitrogen and oxygen atoms in total. The third kappa shape index (κ3) is 2.69. The van der Waals surface area contributed by atoms with Gasteiger partial charge in [-0.05, 0) is 33.5 Å². The minimum Gasteiger partial charge on any atom is -0.506 e. The van der Waals surface area contributed by atoms with Crippen LogP contribution < -0.4 is 5.73 Å². The van der Waals surface area contributed by atoms with Crippen molar-refractivity contribution in [3.05, 3.63) is 28.0 Å². The van der Waals surface area contributed by atoms with Gasteiger partial charge in [0.1, 0.15) is 11.6 Å². The Morgan fingerprint density at radius 1 is 1.40 bits per heavy atom. The van der Waals surface area contributed by atoms with Gasteiger partial charge in [-0.25, -0.2) is 4.39 Å². The highest BCUT2D eigenvalue weighted by molar-refractivity contribution is 9.10. The lowest BCUT2D eigenvalue weighted by atomic mass is 9.83. The van der Waals surface area contributed by atoms with Gasteiger partial charge in [0.2, 0.25) is 0 Å². The average Bonchev–Trinajstić information content (AvgIpc) is 2.08. The van der Waals surface area contributed by atoms with Crippen LogP contribution >= 0.6 is 15.9 Å². The second-order valence-electron chi connectivity index (χ2n) is 4.67. The van der Waals surface area contributed by atoms with E-state index in [4.69, 9.17) is 5.73 Å². The molecule has 0 spiro atoms. The first-order chi connectivity index (χ1) is 6.73. The van der Waals surface area contributed by atoms with Gasteiger partial charge in [-0.3, -0.25) is 0 Å². The predicted molar refractivity (Wildman–Crippen MR) is 62.1 cm³/mol. The smallest absolute Gasteiger partial charge is 0.134 e. The number of aromatic hydroxyl groups is 1. The molecule has 0 aliphatic rings. The molecule has 1 unspecified atom stereocenters. The first kappa shape index (κ1) is 12.5. The standard InChI is InChI=1S/C11H15BrFNO/c1-11(2,3)10(14)7-4-6(13)5-8(12)9(7)15/h4-5,10,15H,14H2,1-3H3. The molecule has 3 N–H and O–H groups in total. The Kier molecular flexibility index (Phi) is 3.41. The summed E-state index contributed by atoms with van der Waals surface area (Å²) in [6.45, 7) is 5.82. The largest absolute Gasteiger partial charge is 0.506 e. The Hall–Kier alpha value is -0.610. The summed E-state index contributed by atoms with van der Waals surface area (Å²) in [7, 11) is 0. The fraction of sp³-hybridized carbons (Fsp3) is 0.455. The average molecular weight is 276 g/mol. The van der Waals surface area contributed by atoms with E-state index >= 15 is 0 Å². The third-order valence-corrected chi connectivity index (χ3v) is 2.93. The maximum Gasteiger partial charge on any atom is 0.134 e. The predicted octanol–water partition coefficient (Wildman–Crippen LogP) is 3.34. The van der Waals surface area contributed by atoms with E-state index in [1.165, 1.54) is 12.1 Å². The number of phenols is 1. The zero-order valence-corrected chi connectivity index (χ0v) is 10.6. The van der Waals surface area contributed by atoms with Crippen molar-refractivity contribution in [3.63, 3.8) is 0 Å². The van der Waals surface area contributed by atoms with E-state index in [0.717, 1.165) is 0 Å². The molecule has 0 radical (unpaired) electrons. The highest BCUT2D eigenvalue weighted by atomic mass is 79.9. The topological polar surface area (TPSA) is 46.2 Å². The van der Waals surface area contributed by atoms with E-state index in [2.05, 4.69) is 15.9 Å². The maximum atomic E-state index is 13.2. The molecule has 4 heteroatoms. The minimum atomic E-state index is -0.413. The van der Waals surface area contributed by atoms with Gasteiger partial charge in [0, 0.05) is 11.6 Å². The van der Waals surface area contributed by atoms with Gasteiger partial charge in [-0.1, -0.05) is 20.8 Å². The Balaban J connectivity index is 3.25. The van der Waals surface area contributed by atoms with E-state index in [1.807, 2.05) is 20.8 Å². The number of phenolic OH excluding ortho intramolecular Hbond substituents is 1. The number of hydrogen-bond acceptors (Lipinski definition) is 2. The van der Waals surface area contributed by atoms with Crippen molar-refractivity contribution in [2.24, 2.45) is 11.1 Å². The second-order valence-corrected chi connectivity index (χ2v) is 5.52. The van der Waals surface area contributed by atoms with Crippen LogP contribution in [0.1, 0.15) is 32.4 Å². The van der Waals surface area contributed by atoms with Crippen LogP contribution in [-0.2, 0) is 0 Å². The van der Waals surface area contributed by atoms with Gasteiger partial charge in [0.25, 0.3) is 0 Å². The van der Waals surface area contributed by atoms with E-state index in [1.54, 1.807) is 0 Å². The highest BCUT2D eigenvalue weighted by Crippen LogP contribution is 2.38. The lowest BCUT2D eigenvalue weighted by Crippen LogP contribution is -2.26. The lowest BCUT2D eigenvalue weighted by Gasteiger charge is -2.28. The molecule has 0 bridgehead atoms. The van der Waals surface area contributed by atoms with Crippen LogP contribution in [-0.4, -0.2) is 5.11 Å². The minimum absolute atomic E-state index is 0.0128. The molecule has 0 aromatic heterocycles. The SMILES string of the molecule is CC(C)(C)C(N)c1cc(F)cc(Br)c1O. The summed E-state index contributed by atoms with van der Waals surface area (Å²) in [5.41, 5.74) is 6.16. The highest BCUT2D eigenvalue weighted by Gasteiger charge is 2.26. The Labute approximate surface area is 97.4 Å². The lowest BCUT2D eigenvalue weighted by molar-refractivity contribution is 0.316. The van der Waals surface area contributed by atoms with E-state index in [9.17, 15) is 9.50 Å². The van der Waals surface area contributed by atoms with Crippen molar-refractivity contribution < 1.29 is 9.50 Å². The van der Waals surface area contributed by atoms with Gasteiger partial charge in [0.05, 0.1) is 4.47 Å². The molecule has 0 saturated heterocycles. The molecule has 1 rings (SSSR count). The summed E-state index contributed by atoms with van der Waals surface area (Å²) in [6, 6.07) is 2.08. The monoisotopic (exact) mass is 275 g/mol. The number of halogens is 2. The Morgan fingerprint density at radius 3 is 2.40 bits per heavy atom. The van der Waals surface area contributed by atoms with Crippen molar-refractivity contribution in [1.82, 2.24) is 0 Å². The van der Waals surface area contributed by atoms with Gasteiger partial charge in [0.15, 0.2) is 0 Å². The molecule has 0 heterocycles. The number of benzene rings is 1. The van der Waals surface area contributed by atoms with Crippen molar-refractivity contribution >= 4 is 15.9 Å². The Morgan fingerprint density at radius 2 is 1.93 bits per heavy atom. The van der Waals surface area contributed by atoms with Crippen LogP contribution in [0.25, 0.3) is 0 Å². The van der Waals surface area contributed by atoms with Crippen LogP contribution in [0.15, 0.2) is 16.6 Å². The van der Waals surface area contributed by atoms with Crippen LogP contribution in [0.2, 0.25) is 0 Å². The Bertz CT molecular complexity index is 374. The zero-order chi connectivity index (χ0) is 11.8. The van der Waals surface area contributed by atoms with E-state index in [0.29, 0.717) is 10.0 Å². The van der Waals surface area contributed by atoms with Crippen molar-refractivity contribution in [2.75, 3.05) is 0 Å². The molecule has 84 valence electrons. The fourth-order valence-corrected chi connectivity index (χ4v) is 1.74. The van der Waals surface area contributed by atoms with Crippen LogP contribution in [0.4, 0.5) is 4.39 Å². The zero-order valence-electron chi connectivity index (χ0n) is 9.01. The number of rotatable bonds is 1. The van der Waals surface area contributed by atoms with Crippen LogP contribution in [0, 0.1) is 11.2 Å². The maximum absolute atomic E-state index is 13.2. The summed E-state index contributed by atoms with van der Waals surface area (Å²) < 4.78 is 13.5. The molecule has 1 atom stereocenters. The fourth-order valence-electron chi connectivity index (χ4n) is 1.29. The third-order valence-electron chi connectivity index (χ3n) is 2.33. The molecule has 0 saturated carbocycles. The summed E-state index contributed by atoms with van der Waals surface area (Å²) in [6.07, 6.45) is 0. The molecule has 0 aliphatic carbocycles. The van der Waals surface area contributed by atoms with Gasteiger partial charge >= 0.3 is 0 Å². The van der Waals surface area contributed by atoms with Crippen molar-refractivity contribution in [3.8, 4) is 5.75 Å². The van der Waals surface area contributed by atoms with Crippen LogP contribution in [0.5, 0.6) is 5.75 Å². The summed E-state index contributed by atoms with van der Waals surface area (Å²) in [5, 5.41) is 9.76. The van der Waals surface area contributed by atoms with Gasteiger partial charge < -0.3 is 10.8 Å². The second kappa shape index (κ2) is 4.10. The van der Waals surface area contributed by atoms with E-state index < -0.39 is 11.9 Å². The molecule has 0 amide bonds. The molecular weight excluding hydrogens is 261 g/mol. The molecular formula is C11H15BrFNO. The van der Waals surface area contributed by atoms with Gasteiger partial charge in [-0.2, -0.15) is 0 Å². The molecule has 1 aromatic rings. The van der Waals surface area contributed by atoms with Crippen molar-refractivity contribution in [1.29, 1.82) is 0 Å². The van der Waals surface area contributed by atoms with Crippen molar-refractivity contribution in [2.45, 2.75) is 26.8 Å². The number of nitrogens with two attached hydrogens (primary N) is 1. The molecule has 1 aromatic carbocycles. The molecule has 15 heavy (non-hydrogen) atoms. The summed E-state index contributed by atoms with van der Waals surface area (Å²) >= 11 is 3.09. The molecule has 0 aliphatic heterocycles. The number of hydrogen-bond donors (Lipinski definition) is 2. The summed E-state index contributed by atoms with van der Waals surface area (Å²) in [4.78, 5) is 0. The quantitative estimate of drug-likeness (QED) is 0.826. The normalized spacial score (nSPS) is 14.0.